The summed E-state index contributed by atoms with van der Waals surface area (Å²) in [5.41, 5.74) is -2.58. The van der Waals surface area contributed by atoms with Crippen LogP contribution in [0, 0.1) is 11.7 Å². The predicted octanol–water partition coefficient (Wildman–Crippen LogP) is 2.26. The average Bonchev–Trinajstić information content (AvgIpc) is 2.68. The number of halogens is 3. The zero-order valence-corrected chi connectivity index (χ0v) is 13.1. The van der Waals surface area contributed by atoms with Crippen LogP contribution in [0.4, 0.5) is 13.2 Å². The van der Waals surface area contributed by atoms with Crippen molar-refractivity contribution in [3.05, 3.63) is 23.3 Å². The van der Waals surface area contributed by atoms with Crippen LogP contribution in [0.3, 0.4) is 0 Å². The van der Waals surface area contributed by atoms with E-state index in [0.717, 1.165) is 5.82 Å². The maximum Gasteiger partial charge on any atom is 0.417 e. The first-order valence-electron chi connectivity index (χ1n) is 6.94. The molecule has 124 valence electrons. The number of allylic oxidation sites excluding steroid dienone is 1. The Morgan fingerprint density at radius 2 is 2.00 bits per heavy atom. The Labute approximate surface area is 131 Å². The molecule has 0 unspecified atom stereocenters. The Bertz CT molecular complexity index is 599. The molecule has 0 spiro atoms. The van der Waals surface area contributed by atoms with Crippen molar-refractivity contribution >= 4 is 12.2 Å². The molecular weight excluding hydrogens is 317 g/mol. The minimum Gasteiger partial charge on any atom is -0.380 e. The van der Waals surface area contributed by atoms with E-state index in [9.17, 15) is 18.3 Å². The van der Waals surface area contributed by atoms with Crippen LogP contribution in [0.5, 0.6) is 0 Å². The van der Waals surface area contributed by atoms with Gasteiger partial charge in [-0.1, -0.05) is 6.08 Å². The molecule has 0 atom stereocenters. The van der Waals surface area contributed by atoms with Gasteiger partial charge in [0, 0.05) is 19.6 Å². The van der Waals surface area contributed by atoms with E-state index in [1.165, 1.54) is 0 Å². The first-order chi connectivity index (χ1) is 10.2. The highest BCUT2D eigenvalue weighted by atomic mass is 32.1. The quantitative estimate of drug-likeness (QED) is 0.677. The van der Waals surface area contributed by atoms with Crippen LogP contribution in [0.2, 0.25) is 0 Å². The van der Waals surface area contributed by atoms with Crippen LogP contribution >= 0.6 is 12.2 Å². The molecule has 1 fully saturated rings. The number of piperidine rings is 1. The highest BCUT2D eigenvalue weighted by Gasteiger charge is 2.54. The van der Waals surface area contributed by atoms with Gasteiger partial charge in [0.2, 0.25) is 0 Å². The fourth-order valence-corrected chi connectivity index (χ4v) is 2.82. The van der Waals surface area contributed by atoms with Gasteiger partial charge in [0.1, 0.15) is 5.82 Å². The van der Waals surface area contributed by atoms with E-state index in [4.69, 9.17) is 12.2 Å². The van der Waals surface area contributed by atoms with Crippen LogP contribution in [0.1, 0.15) is 18.7 Å². The maximum absolute atomic E-state index is 12.8. The Balaban J connectivity index is 2.04. The summed E-state index contributed by atoms with van der Waals surface area (Å²) in [5, 5.41) is 14.0. The van der Waals surface area contributed by atoms with E-state index in [2.05, 4.69) is 11.7 Å². The Kier molecular flexibility index (Phi) is 4.78. The number of alkyl halides is 3. The van der Waals surface area contributed by atoms with E-state index in [1.807, 2.05) is 6.92 Å². The Hall–Kier alpha value is -1.19. The number of aliphatic hydroxyl groups is 1. The molecule has 9 heteroatoms. The van der Waals surface area contributed by atoms with Crippen molar-refractivity contribution in [2.24, 2.45) is 0 Å². The molecule has 0 bridgehead atoms. The normalized spacial score (nSPS) is 19.3. The van der Waals surface area contributed by atoms with Crippen LogP contribution in [-0.2, 0) is 13.2 Å². The van der Waals surface area contributed by atoms with Gasteiger partial charge >= 0.3 is 6.18 Å². The second-order valence-electron chi connectivity index (χ2n) is 5.52. The summed E-state index contributed by atoms with van der Waals surface area (Å²) in [5.74, 6) is 0.730. The minimum absolute atomic E-state index is 0.144. The van der Waals surface area contributed by atoms with E-state index >= 15 is 0 Å². The SMILES string of the molecule is C=CCn1c(C)nn(CN2CCC(O)(C(F)(F)F)CC2)c1=S. The van der Waals surface area contributed by atoms with Crippen molar-refractivity contribution in [2.75, 3.05) is 13.1 Å². The fourth-order valence-electron chi connectivity index (χ4n) is 2.52. The standard InChI is InChI=1S/C13H19F3N4OS/c1-3-6-19-10(2)17-20(11(19)22)9-18-7-4-12(21,5-8-18)13(14,15)16/h3,21H,1,4-9H2,2H3. The van der Waals surface area contributed by atoms with Crippen molar-refractivity contribution in [2.45, 2.75) is 44.8 Å². The molecule has 0 amide bonds. The van der Waals surface area contributed by atoms with Gasteiger partial charge in [-0.3, -0.25) is 4.90 Å². The van der Waals surface area contributed by atoms with Gasteiger partial charge in [-0.05, 0) is 32.0 Å². The fraction of sp³-hybridized carbons (Fsp3) is 0.692. The molecule has 0 aliphatic carbocycles. The smallest absolute Gasteiger partial charge is 0.380 e. The van der Waals surface area contributed by atoms with Gasteiger partial charge in [-0.15, -0.1) is 6.58 Å². The lowest BCUT2D eigenvalue weighted by Gasteiger charge is -2.38. The molecular formula is C13H19F3N4OS. The second-order valence-corrected chi connectivity index (χ2v) is 5.88. The van der Waals surface area contributed by atoms with Crippen molar-refractivity contribution < 1.29 is 18.3 Å². The van der Waals surface area contributed by atoms with Crippen LogP contribution in [-0.4, -0.2) is 49.2 Å². The van der Waals surface area contributed by atoms with Gasteiger partial charge in [0.05, 0.1) is 6.67 Å². The van der Waals surface area contributed by atoms with Crippen molar-refractivity contribution in [1.82, 2.24) is 19.2 Å². The molecule has 2 rings (SSSR count). The largest absolute Gasteiger partial charge is 0.417 e. The van der Waals surface area contributed by atoms with E-state index in [-0.39, 0.29) is 25.9 Å². The number of aromatic nitrogens is 3. The third kappa shape index (κ3) is 3.26. The molecule has 22 heavy (non-hydrogen) atoms. The molecule has 0 aromatic carbocycles. The van der Waals surface area contributed by atoms with Crippen molar-refractivity contribution in [1.29, 1.82) is 0 Å². The molecule has 1 aliphatic rings. The van der Waals surface area contributed by atoms with Crippen molar-refractivity contribution in [3.8, 4) is 0 Å². The van der Waals surface area contributed by atoms with Gasteiger partial charge in [0.25, 0.3) is 0 Å². The number of rotatable bonds is 4. The summed E-state index contributed by atoms with van der Waals surface area (Å²) in [6.45, 7) is 6.61. The van der Waals surface area contributed by atoms with Crippen LogP contribution in [0.25, 0.3) is 0 Å². The average molecular weight is 336 g/mol. The molecule has 1 N–H and O–H groups in total. The Morgan fingerprint density at radius 3 is 2.50 bits per heavy atom. The Morgan fingerprint density at radius 1 is 1.41 bits per heavy atom. The number of hydrogen-bond donors (Lipinski definition) is 1. The van der Waals surface area contributed by atoms with Crippen LogP contribution in [0.15, 0.2) is 12.7 Å². The molecule has 1 aliphatic heterocycles. The highest BCUT2D eigenvalue weighted by molar-refractivity contribution is 7.71. The molecule has 1 aromatic rings. The van der Waals surface area contributed by atoms with E-state index in [1.54, 1.807) is 20.2 Å². The second kappa shape index (κ2) is 6.13. The summed E-state index contributed by atoms with van der Waals surface area (Å²) in [6, 6.07) is 0. The van der Waals surface area contributed by atoms with Crippen LogP contribution < -0.4 is 0 Å². The molecule has 0 radical (unpaired) electrons. The summed E-state index contributed by atoms with van der Waals surface area (Å²) in [4.78, 5) is 1.81. The summed E-state index contributed by atoms with van der Waals surface area (Å²) in [6.07, 6.45) is -3.55. The molecule has 1 aromatic heterocycles. The molecule has 0 saturated carbocycles. The lowest BCUT2D eigenvalue weighted by Crippen LogP contribution is -2.53. The van der Waals surface area contributed by atoms with Gasteiger partial charge < -0.3 is 9.67 Å². The molecule has 2 heterocycles. The maximum atomic E-state index is 12.8. The third-order valence-corrected chi connectivity index (χ3v) is 4.40. The lowest BCUT2D eigenvalue weighted by molar-refractivity contribution is -0.273. The monoisotopic (exact) mass is 336 g/mol. The van der Waals surface area contributed by atoms with E-state index < -0.39 is 11.8 Å². The topological polar surface area (TPSA) is 46.2 Å². The highest BCUT2D eigenvalue weighted by Crippen LogP contribution is 2.38. The number of likely N-dealkylation sites (tertiary alicyclic amines) is 1. The number of hydrogen-bond acceptors (Lipinski definition) is 4. The van der Waals surface area contributed by atoms with Crippen molar-refractivity contribution in [3.63, 3.8) is 0 Å². The number of nitrogens with zero attached hydrogens (tertiary/aromatic N) is 4. The molecule has 1 saturated heterocycles. The first kappa shape index (κ1) is 17.2. The molecule has 5 nitrogen and oxygen atoms in total. The van der Waals surface area contributed by atoms with Gasteiger partial charge in [0.15, 0.2) is 10.4 Å². The lowest BCUT2D eigenvalue weighted by atomic mass is 9.91. The van der Waals surface area contributed by atoms with Gasteiger partial charge in [-0.25, -0.2) is 4.68 Å². The first-order valence-corrected chi connectivity index (χ1v) is 7.35. The summed E-state index contributed by atoms with van der Waals surface area (Å²) in [7, 11) is 0. The minimum atomic E-state index is -4.59. The zero-order valence-electron chi connectivity index (χ0n) is 12.3. The number of aryl methyl sites for hydroxylation is 1. The summed E-state index contributed by atoms with van der Waals surface area (Å²) < 4.78 is 42.2. The zero-order chi connectivity index (χ0) is 16.5. The predicted molar refractivity (Wildman–Crippen MR) is 77.8 cm³/mol. The van der Waals surface area contributed by atoms with E-state index in [0.29, 0.717) is 18.0 Å². The summed E-state index contributed by atoms with van der Waals surface area (Å²) >= 11 is 5.31. The third-order valence-electron chi connectivity index (χ3n) is 3.96. The van der Waals surface area contributed by atoms with Gasteiger partial charge in [-0.2, -0.15) is 18.3 Å².